The Labute approximate surface area is 174 Å². The number of nitrogens with one attached hydrogen (secondary N) is 1. The average Bonchev–Trinajstić information content (AvgIpc) is 3.21. The number of hydrogen-bond acceptors (Lipinski definition) is 3. The number of rotatable bonds is 7. The summed E-state index contributed by atoms with van der Waals surface area (Å²) in [5.74, 6) is 0.479. The molecule has 0 aliphatic heterocycles. The molecule has 0 aliphatic rings. The van der Waals surface area contributed by atoms with Crippen LogP contribution >= 0.6 is 22.9 Å². The molecule has 0 radical (unpaired) electrons. The second kappa shape index (κ2) is 9.24. The summed E-state index contributed by atoms with van der Waals surface area (Å²) in [6, 6.07) is 17.5. The first-order valence-corrected chi connectivity index (χ1v) is 10.3. The molecule has 0 saturated carbocycles. The third-order valence-corrected chi connectivity index (χ3v) is 5.79. The molecule has 3 N–H and O–H groups in total. The number of methoxy groups -OCH3 is 1. The molecule has 3 aromatic rings. The SMILES string of the molecule is COc1ccc(Cl)cc1NC(=O)[C@@H](C)[NH2+][C@H](c1ccc(C)cc1)c1cccs1. The number of benzene rings is 2. The second-order valence-electron chi connectivity index (χ2n) is 6.72. The van der Waals surface area contributed by atoms with Gasteiger partial charge in [-0.3, -0.25) is 4.79 Å². The number of aryl methyl sites for hydroxylation is 1. The highest BCUT2D eigenvalue weighted by atomic mass is 35.5. The highest BCUT2D eigenvalue weighted by Crippen LogP contribution is 2.28. The topological polar surface area (TPSA) is 54.9 Å². The van der Waals surface area contributed by atoms with Crippen molar-refractivity contribution >= 4 is 34.5 Å². The standard InChI is InChI=1S/C22H23ClN2O2S/c1-14-6-8-16(9-7-14)21(20-5-4-12-28-20)24-15(2)22(26)25-18-13-17(23)10-11-19(18)27-3/h4-13,15,21,24H,1-3H3,(H,25,26)/p+1/t15-,21-/m1/s1. The van der Waals surface area contributed by atoms with Gasteiger partial charge in [0.1, 0.15) is 11.8 Å². The van der Waals surface area contributed by atoms with E-state index in [1.165, 1.54) is 16.0 Å². The minimum Gasteiger partial charge on any atom is -0.495 e. The van der Waals surface area contributed by atoms with Crippen LogP contribution in [0.25, 0.3) is 0 Å². The molecule has 0 spiro atoms. The highest BCUT2D eigenvalue weighted by Gasteiger charge is 2.26. The van der Waals surface area contributed by atoms with Gasteiger partial charge in [-0.05, 0) is 43.5 Å². The van der Waals surface area contributed by atoms with Gasteiger partial charge in [-0.2, -0.15) is 0 Å². The van der Waals surface area contributed by atoms with Gasteiger partial charge in [0.25, 0.3) is 5.91 Å². The quantitative estimate of drug-likeness (QED) is 0.601. The summed E-state index contributed by atoms with van der Waals surface area (Å²) < 4.78 is 5.32. The molecule has 0 aliphatic carbocycles. The van der Waals surface area contributed by atoms with Crippen molar-refractivity contribution in [3.8, 4) is 5.75 Å². The van der Waals surface area contributed by atoms with Gasteiger partial charge in [0.2, 0.25) is 0 Å². The summed E-state index contributed by atoms with van der Waals surface area (Å²) in [7, 11) is 1.57. The smallest absolute Gasteiger partial charge is 0.282 e. The highest BCUT2D eigenvalue weighted by molar-refractivity contribution is 7.10. The van der Waals surface area contributed by atoms with Gasteiger partial charge in [-0.1, -0.05) is 47.5 Å². The second-order valence-corrected chi connectivity index (χ2v) is 8.13. The number of carbonyl (C=O) groups is 1. The van der Waals surface area contributed by atoms with E-state index >= 15 is 0 Å². The molecule has 1 aromatic heterocycles. The Hall–Kier alpha value is -2.34. The number of amides is 1. The fourth-order valence-electron chi connectivity index (χ4n) is 3.01. The van der Waals surface area contributed by atoms with Gasteiger partial charge < -0.3 is 15.4 Å². The van der Waals surface area contributed by atoms with Crippen LogP contribution in [0.2, 0.25) is 5.02 Å². The van der Waals surface area contributed by atoms with E-state index in [0.29, 0.717) is 16.5 Å². The fourth-order valence-corrected chi connectivity index (χ4v) is 4.02. The summed E-state index contributed by atoms with van der Waals surface area (Å²) in [5, 5.41) is 7.63. The molecule has 6 heteroatoms. The Morgan fingerprint density at radius 3 is 2.57 bits per heavy atom. The van der Waals surface area contributed by atoms with Gasteiger partial charge in [-0.25, -0.2) is 0 Å². The average molecular weight is 416 g/mol. The van der Waals surface area contributed by atoms with E-state index in [-0.39, 0.29) is 18.0 Å². The van der Waals surface area contributed by atoms with E-state index in [2.05, 4.69) is 53.3 Å². The van der Waals surface area contributed by atoms with Crippen LogP contribution in [-0.2, 0) is 4.79 Å². The number of halogens is 1. The first-order valence-electron chi connectivity index (χ1n) is 9.07. The molecule has 2 atom stereocenters. The number of ether oxygens (including phenoxy) is 1. The molecule has 0 saturated heterocycles. The molecular formula is C22H24ClN2O2S+. The molecule has 1 heterocycles. The van der Waals surface area contributed by atoms with Crippen molar-refractivity contribution in [1.82, 2.24) is 0 Å². The molecule has 4 nitrogen and oxygen atoms in total. The number of hydrogen-bond donors (Lipinski definition) is 2. The number of quaternary nitrogens is 1. The Kier molecular flexibility index (Phi) is 6.73. The summed E-state index contributed by atoms with van der Waals surface area (Å²) >= 11 is 7.76. The van der Waals surface area contributed by atoms with Crippen molar-refractivity contribution < 1.29 is 14.8 Å². The summed E-state index contributed by atoms with van der Waals surface area (Å²) in [4.78, 5) is 14.1. The van der Waals surface area contributed by atoms with Gasteiger partial charge in [0.15, 0.2) is 6.04 Å². The van der Waals surface area contributed by atoms with Crippen molar-refractivity contribution in [2.24, 2.45) is 0 Å². The van der Waals surface area contributed by atoms with E-state index in [4.69, 9.17) is 16.3 Å². The molecule has 3 rings (SSSR count). The van der Waals surface area contributed by atoms with E-state index in [0.717, 1.165) is 0 Å². The molecule has 1 amide bonds. The van der Waals surface area contributed by atoms with Crippen LogP contribution in [0.15, 0.2) is 60.0 Å². The minimum absolute atomic E-state index is 0.0580. The molecule has 146 valence electrons. The number of carbonyl (C=O) groups excluding carboxylic acids is 1. The third-order valence-electron chi connectivity index (χ3n) is 4.60. The van der Waals surface area contributed by atoms with E-state index < -0.39 is 0 Å². The number of thiophene rings is 1. The van der Waals surface area contributed by atoms with E-state index in [1.807, 2.05) is 13.0 Å². The summed E-state index contributed by atoms with van der Waals surface area (Å²) in [6.45, 7) is 3.98. The van der Waals surface area contributed by atoms with Crippen molar-refractivity contribution in [1.29, 1.82) is 0 Å². The largest absolute Gasteiger partial charge is 0.495 e. The van der Waals surface area contributed by atoms with Crippen LogP contribution in [0.4, 0.5) is 5.69 Å². The lowest BCUT2D eigenvalue weighted by molar-refractivity contribution is -0.703. The first-order chi connectivity index (χ1) is 13.5. The lowest BCUT2D eigenvalue weighted by Gasteiger charge is -2.20. The van der Waals surface area contributed by atoms with E-state index in [9.17, 15) is 4.79 Å². The zero-order valence-electron chi connectivity index (χ0n) is 16.1. The maximum atomic E-state index is 12.8. The Bertz CT molecular complexity index is 926. The predicted octanol–water partition coefficient (Wildman–Crippen LogP) is 4.40. The van der Waals surface area contributed by atoms with Crippen LogP contribution in [0.5, 0.6) is 5.75 Å². The summed E-state index contributed by atoms with van der Waals surface area (Å²) in [5.41, 5.74) is 2.96. The summed E-state index contributed by atoms with van der Waals surface area (Å²) in [6.07, 6.45) is 0. The van der Waals surface area contributed by atoms with Crippen LogP contribution < -0.4 is 15.4 Å². The van der Waals surface area contributed by atoms with Gasteiger partial charge in [0.05, 0.1) is 17.7 Å². The Morgan fingerprint density at radius 1 is 1.18 bits per heavy atom. The Balaban J connectivity index is 1.78. The zero-order chi connectivity index (χ0) is 20.1. The monoisotopic (exact) mass is 415 g/mol. The van der Waals surface area contributed by atoms with Crippen LogP contribution in [0.1, 0.15) is 29.0 Å². The van der Waals surface area contributed by atoms with Gasteiger partial charge in [-0.15, -0.1) is 11.3 Å². The van der Waals surface area contributed by atoms with Crippen molar-refractivity contribution in [2.75, 3.05) is 12.4 Å². The minimum atomic E-state index is -0.308. The number of nitrogens with two attached hydrogens (primary N) is 1. The van der Waals surface area contributed by atoms with Crippen molar-refractivity contribution in [3.63, 3.8) is 0 Å². The first kappa shape index (κ1) is 20.4. The maximum Gasteiger partial charge on any atom is 0.282 e. The molecule has 0 bridgehead atoms. The molecular weight excluding hydrogens is 392 g/mol. The molecule has 0 unspecified atom stereocenters. The van der Waals surface area contributed by atoms with E-state index in [1.54, 1.807) is 36.6 Å². The fraction of sp³-hybridized carbons (Fsp3) is 0.227. The lowest BCUT2D eigenvalue weighted by atomic mass is 10.0. The van der Waals surface area contributed by atoms with Crippen LogP contribution in [0, 0.1) is 6.92 Å². The lowest BCUT2D eigenvalue weighted by Crippen LogP contribution is -2.92. The van der Waals surface area contributed by atoms with Crippen LogP contribution in [0.3, 0.4) is 0 Å². The third kappa shape index (κ3) is 4.93. The van der Waals surface area contributed by atoms with Gasteiger partial charge >= 0.3 is 0 Å². The molecule has 28 heavy (non-hydrogen) atoms. The predicted molar refractivity (Wildman–Crippen MR) is 115 cm³/mol. The van der Waals surface area contributed by atoms with Gasteiger partial charge in [0, 0.05) is 10.6 Å². The number of anilines is 1. The molecule has 0 fully saturated rings. The Morgan fingerprint density at radius 2 is 1.93 bits per heavy atom. The van der Waals surface area contributed by atoms with Crippen LogP contribution in [-0.4, -0.2) is 19.1 Å². The zero-order valence-corrected chi connectivity index (χ0v) is 17.7. The molecule has 2 aromatic carbocycles. The normalized spacial score (nSPS) is 13.0. The maximum absolute atomic E-state index is 12.8. The van der Waals surface area contributed by atoms with Crippen molar-refractivity contribution in [2.45, 2.75) is 25.9 Å². The van der Waals surface area contributed by atoms with Crippen molar-refractivity contribution in [3.05, 3.63) is 81.0 Å².